The molecule has 1 aliphatic rings. The molecule has 1 fully saturated rings. The smallest absolute Gasteiger partial charge is 0.416 e. The molecule has 1 aliphatic heterocycles. The van der Waals surface area contributed by atoms with Crippen LogP contribution >= 0.6 is 0 Å². The Balaban J connectivity index is 1.60. The van der Waals surface area contributed by atoms with E-state index >= 15 is 0 Å². The van der Waals surface area contributed by atoms with Crippen LogP contribution in [0, 0.1) is 17.8 Å². The molecular weight excluding hydrogens is 421 g/mol. The fourth-order valence-electron chi connectivity index (χ4n) is 3.37. The van der Waals surface area contributed by atoms with Gasteiger partial charge in [0.2, 0.25) is 0 Å². The number of amides is 2. The molecule has 3 rings (SSSR count). The number of urea groups is 1. The third kappa shape index (κ3) is 6.27. The highest BCUT2D eigenvalue weighted by Crippen LogP contribution is 2.29. The Kier molecular flexibility index (Phi) is 7.41. The van der Waals surface area contributed by atoms with E-state index in [4.69, 9.17) is 4.74 Å². The number of alkyl halides is 3. The maximum absolute atomic E-state index is 12.8. The van der Waals surface area contributed by atoms with Crippen LogP contribution in [0.4, 0.5) is 23.7 Å². The summed E-state index contributed by atoms with van der Waals surface area (Å²) in [6, 6.07) is 11.2. The van der Waals surface area contributed by atoms with Gasteiger partial charge in [0.25, 0.3) is 0 Å². The van der Waals surface area contributed by atoms with Crippen molar-refractivity contribution >= 4 is 17.7 Å². The Morgan fingerprint density at radius 2 is 1.84 bits per heavy atom. The van der Waals surface area contributed by atoms with Crippen LogP contribution in [-0.2, 0) is 15.7 Å². The number of ether oxygens (including phenoxy) is 1. The summed E-state index contributed by atoms with van der Waals surface area (Å²) in [5.74, 6) is 4.94. The highest BCUT2D eigenvalue weighted by molar-refractivity contribution is 5.90. The molecule has 0 spiro atoms. The quantitative estimate of drug-likeness (QED) is 0.541. The maximum atomic E-state index is 12.8. The molecule has 168 valence electrons. The normalized spacial score (nSPS) is 16.0. The molecule has 1 saturated heterocycles. The van der Waals surface area contributed by atoms with Crippen LogP contribution in [0.3, 0.4) is 0 Å². The maximum Gasteiger partial charge on any atom is 0.416 e. The summed E-state index contributed by atoms with van der Waals surface area (Å²) in [4.78, 5) is 26.1. The van der Waals surface area contributed by atoms with Gasteiger partial charge in [-0.05, 0) is 62.2 Å². The zero-order valence-electron chi connectivity index (χ0n) is 17.5. The van der Waals surface area contributed by atoms with E-state index in [2.05, 4.69) is 17.2 Å². The topological polar surface area (TPSA) is 58.6 Å². The first-order valence-corrected chi connectivity index (χ1v) is 10.3. The van der Waals surface area contributed by atoms with Crippen molar-refractivity contribution in [3.05, 3.63) is 65.2 Å². The van der Waals surface area contributed by atoms with Gasteiger partial charge in [-0.15, -0.1) is 0 Å². The van der Waals surface area contributed by atoms with Crippen LogP contribution in [0.25, 0.3) is 0 Å². The standard InChI is InChI=1S/C24H23F3N2O3/c1-2-32-22(30)19-6-4-14-29(16-19)23(31)28-21-12-10-17(11-13-21)8-9-18-5-3-7-20(15-18)24(25,26)27/h3,5,7,10-13,15,19H,2,4,6,14,16H2,1H3,(H,28,31). The highest BCUT2D eigenvalue weighted by Gasteiger charge is 2.30. The number of carbonyl (C=O) groups is 2. The van der Waals surface area contributed by atoms with Crippen molar-refractivity contribution in [1.82, 2.24) is 4.90 Å². The van der Waals surface area contributed by atoms with Gasteiger partial charge in [0.15, 0.2) is 0 Å². The van der Waals surface area contributed by atoms with Crippen LogP contribution in [-0.4, -0.2) is 36.6 Å². The average Bonchev–Trinajstić information content (AvgIpc) is 2.78. The van der Waals surface area contributed by atoms with Gasteiger partial charge < -0.3 is 15.0 Å². The van der Waals surface area contributed by atoms with E-state index in [1.165, 1.54) is 12.1 Å². The van der Waals surface area contributed by atoms with Crippen molar-refractivity contribution in [2.24, 2.45) is 5.92 Å². The first kappa shape index (κ1) is 23.2. The number of piperidine rings is 1. The Morgan fingerprint density at radius 1 is 1.12 bits per heavy atom. The molecular formula is C24H23F3N2O3. The molecule has 1 heterocycles. The van der Waals surface area contributed by atoms with Crippen molar-refractivity contribution < 1.29 is 27.5 Å². The molecule has 0 aromatic heterocycles. The molecule has 2 amide bonds. The van der Waals surface area contributed by atoms with Crippen LogP contribution in [0.5, 0.6) is 0 Å². The number of hydrogen-bond donors (Lipinski definition) is 1. The van der Waals surface area contributed by atoms with E-state index < -0.39 is 11.7 Å². The van der Waals surface area contributed by atoms with Crippen LogP contribution in [0.2, 0.25) is 0 Å². The number of rotatable bonds is 3. The van der Waals surface area contributed by atoms with E-state index in [0.717, 1.165) is 18.6 Å². The molecule has 0 bridgehead atoms. The Labute approximate surface area is 184 Å². The fourth-order valence-corrected chi connectivity index (χ4v) is 3.37. The molecule has 0 radical (unpaired) electrons. The second kappa shape index (κ2) is 10.2. The second-order valence-corrected chi connectivity index (χ2v) is 7.37. The lowest BCUT2D eigenvalue weighted by molar-refractivity contribution is -0.149. The zero-order valence-corrected chi connectivity index (χ0v) is 17.5. The van der Waals surface area contributed by atoms with Crippen LogP contribution in [0.1, 0.15) is 36.5 Å². The number of hydrogen-bond acceptors (Lipinski definition) is 3. The molecule has 32 heavy (non-hydrogen) atoms. The first-order chi connectivity index (χ1) is 15.3. The van der Waals surface area contributed by atoms with Crippen molar-refractivity contribution in [3.8, 4) is 11.8 Å². The van der Waals surface area contributed by atoms with Gasteiger partial charge in [-0.25, -0.2) is 4.79 Å². The number of nitrogens with zero attached hydrogens (tertiary/aromatic N) is 1. The lowest BCUT2D eigenvalue weighted by Gasteiger charge is -2.31. The molecule has 2 aromatic rings. The van der Waals surface area contributed by atoms with Crippen molar-refractivity contribution in [2.45, 2.75) is 25.9 Å². The van der Waals surface area contributed by atoms with Gasteiger partial charge in [-0.3, -0.25) is 4.79 Å². The number of halogens is 3. The predicted molar refractivity (Wildman–Crippen MR) is 114 cm³/mol. The lowest BCUT2D eigenvalue weighted by atomic mass is 9.98. The van der Waals surface area contributed by atoms with E-state index in [-0.39, 0.29) is 23.5 Å². The largest absolute Gasteiger partial charge is 0.466 e. The number of carbonyl (C=O) groups excluding carboxylic acids is 2. The first-order valence-electron chi connectivity index (χ1n) is 10.3. The van der Waals surface area contributed by atoms with E-state index in [0.29, 0.717) is 37.4 Å². The number of nitrogens with one attached hydrogen (secondary N) is 1. The molecule has 1 unspecified atom stereocenters. The molecule has 1 N–H and O–H groups in total. The minimum atomic E-state index is -4.41. The predicted octanol–water partition coefficient (Wildman–Crippen LogP) is 4.91. The van der Waals surface area contributed by atoms with Crippen molar-refractivity contribution in [2.75, 3.05) is 25.0 Å². The zero-order chi connectivity index (χ0) is 23.1. The summed E-state index contributed by atoms with van der Waals surface area (Å²) in [5.41, 5.74) is 0.669. The minimum Gasteiger partial charge on any atom is -0.466 e. The summed E-state index contributed by atoms with van der Waals surface area (Å²) < 4.78 is 43.5. The van der Waals surface area contributed by atoms with Crippen LogP contribution in [0.15, 0.2) is 48.5 Å². The Morgan fingerprint density at radius 3 is 2.53 bits per heavy atom. The summed E-state index contributed by atoms with van der Waals surface area (Å²) in [6.45, 7) is 2.93. The molecule has 2 aromatic carbocycles. The fraction of sp³-hybridized carbons (Fsp3) is 0.333. The minimum absolute atomic E-state index is 0.262. The highest BCUT2D eigenvalue weighted by atomic mass is 19.4. The second-order valence-electron chi connectivity index (χ2n) is 7.37. The Hall–Kier alpha value is -3.47. The molecule has 8 heteroatoms. The molecule has 1 atom stereocenters. The number of anilines is 1. The average molecular weight is 444 g/mol. The monoisotopic (exact) mass is 444 g/mol. The SMILES string of the molecule is CCOC(=O)C1CCCN(C(=O)Nc2ccc(C#Cc3cccc(C(F)(F)F)c3)cc2)C1. The van der Waals surface area contributed by atoms with Gasteiger partial charge in [0, 0.05) is 29.9 Å². The van der Waals surface area contributed by atoms with Crippen LogP contribution < -0.4 is 5.32 Å². The van der Waals surface area contributed by atoms with Gasteiger partial charge in [0.1, 0.15) is 0 Å². The number of benzene rings is 2. The number of likely N-dealkylation sites (tertiary alicyclic amines) is 1. The van der Waals surface area contributed by atoms with Crippen molar-refractivity contribution in [3.63, 3.8) is 0 Å². The van der Waals surface area contributed by atoms with Gasteiger partial charge in [0.05, 0.1) is 18.1 Å². The summed E-state index contributed by atoms with van der Waals surface area (Å²) in [7, 11) is 0. The third-order valence-electron chi connectivity index (χ3n) is 5.01. The van der Waals surface area contributed by atoms with Gasteiger partial charge >= 0.3 is 18.2 Å². The summed E-state index contributed by atoms with van der Waals surface area (Å²) in [5, 5.41) is 2.79. The van der Waals surface area contributed by atoms with E-state index in [1.807, 2.05) is 0 Å². The molecule has 5 nitrogen and oxygen atoms in total. The lowest BCUT2D eigenvalue weighted by Crippen LogP contribution is -2.44. The van der Waals surface area contributed by atoms with Gasteiger partial charge in [-0.1, -0.05) is 17.9 Å². The van der Waals surface area contributed by atoms with E-state index in [1.54, 1.807) is 36.1 Å². The third-order valence-corrected chi connectivity index (χ3v) is 5.01. The number of esters is 1. The van der Waals surface area contributed by atoms with Gasteiger partial charge in [-0.2, -0.15) is 13.2 Å². The van der Waals surface area contributed by atoms with E-state index in [9.17, 15) is 22.8 Å². The molecule has 0 aliphatic carbocycles. The van der Waals surface area contributed by atoms with Crippen molar-refractivity contribution in [1.29, 1.82) is 0 Å². The molecule has 0 saturated carbocycles. The summed E-state index contributed by atoms with van der Waals surface area (Å²) in [6.07, 6.45) is -2.99. The summed E-state index contributed by atoms with van der Waals surface area (Å²) >= 11 is 0. The Bertz CT molecular complexity index is 1020.